The lowest BCUT2D eigenvalue weighted by Crippen LogP contribution is -2.42. The van der Waals surface area contributed by atoms with Crippen molar-refractivity contribution in [2.75, 3.05) is 40.5 Å². The maximum atomic E-state index is 5.83. The molecule has 5 nitrogen and oxygen atoms in total. The van der Waals surface area contributed by atoms with Crippen LogP contribution >= 0.6 is 0 Å². The van der Waals surface area contributed by atoms with Crippen molar-refractivity contribution < 1.29 is 14.2 Å². The van der Waals surface area contributed by atoms with Crippen LogP contribution in [0.15, 0.2) is 18.2 Å². The van der Waals surface area contributed by atoms with E-state index < -0.39 is 0 Å². The average molecular weight is 266 g/mol. The van der Waals surface area contributed by atoms with E-state index in [2.05, 4.69) is 11.9 Å². The zero-order valence-electron chi connectivity index (χ0n) is 11.6. The first kappa shape index (κ1) is 14.1. The number of morpholine rings is 1. The van der Waals surface area contributed by atoms with Crippen LogP contribution in [0, 0.1) is 0 Å². The van der Waals surface area contributed by atoms with Crippen LogP contribution < -0.4 is 15.2 Å². The minimum atomic E-state index is 0.102. The lowest BCUT2D eigenvalue weighted by Gasteiger charge is -2.30. The normalized spacial score (nSPS) is 20.3. The third-order valence-electron chi connectivity index (χ3n) is 3.23. The van der Waals surface area contributed by atoms with Crippen LogP contribution in [0.5, 0.6) is 11.5 Å². The summed E-state index contributed by atoms with van der Waals surface area (Å²) in [6.45, 7) is 3.63. The van der Waals surface area contributed by atoms with Crippen LogP contribution in [-0.2, 0) is 11.3 Å². The van der Waals surface area contributed by atoms with Gasteiger partial charge in [-0.15, -0.1) is 0 Å². The second-order valence-corrected chi connectivity index (χ2v) is 4.76. The molecule has 2 N–H and O–H groups in total. The van der Waals surface area contributed by atoms with Crippen LogP contribution in [0.2, 0.25) is 0 Å². The number of nitrogens with zero attached hydrogens (tertiary/aromatic N) is 1. The van der Waals surface area contributed by atoms with Gasteiger partial charge < -0.3 is 24.8 Å². The van der Waals surface area contributed by atoms with Gasteiger partial charge in [0.1, 0.15) is 12.7 Å². The molecule has 1 aliphatic rings. The number of rotatable bonds is 5. The van der Waals surface area contributed by atoms with E-state index in [1.54, 1.807) is 7.11 Å². The van der Waals surface area contributed by atoms with Crippen molar-refractivity contribution in [2.24, 2.45) is 5.73 Å². The standard InChI is InChI=1S/C14H22N2O3/c1-16-5-6-18-12(9-16)10-19-14-7-11(8-15)3-4-13(14)17-2/h3-4,7,12H,5-6,8-10,15H2,1-2H3. The summed E-state index contributed by atoms with van der Waals surface area (Å²) in [7, 11) is 3.72. The highest BCUT2D eigenvalue weighted by atomic mass is 16.5. The van der Waals surface area contributed by atoms with Crippen LogP contribution in [0.3, 0.4) is 0 Å². The second-order valence-electron chi connectivity index (χ2n) is 4.76. The van der Waals surface area contributed by atoms with E-state index in [0.717, 1.165) is 36.8 Å². The lowest BCUT2D eigenvalue weighted by molar-refractivity contribution is -0.0406. The molecule has 1 unspecified atom stereocenters. The highest BCUT2D eigenvalue weighted by Gasteiger charge is 2.19. The van der Waals surface area contributed by atoms with Crippen molar-refractivity contribution in [3.05, 3.63) is 23.8 Å². The maximum Gasteiger partial charge on any atom is 0.161 e. The Morgan fingerprint density at radius 1 is 1.42 bits per heavy atom. The molecule has 1 heterocycles. The Labute approximate surface area is 114 Å². The quantitative estimate of drug-likeness (QED) is 0.857. The predicted octanol–water partition coefficient (Wildman–Crippen LogP) is 0.863. The first-order valence-electron chi connectivity index (χ1n) is 6.53. The molecule has 0 spiro atoms. The minimum Gasteiger partial charge on any atom is -0.493 e. The Morgan fingerprint density at radius 2 is 2.26 bits per heavy atom. The SMILES string of the molecule is COc1ccc(CN)cc1OCC1CN(C)CCO1. The zero-order chi connectivity index (χ0) is 13.7. The van der Waals surface area contributed by atoms with Gasteiger partial charge in [-0.2, -0.15) is 0 Å². The second kappa shape index (κ2) is 6.75. The van der Waals surface area contributed by atoms with Crippen molar-refractivity contribution >= 4 is 0 Å². The van der Waals surface area contributed by atoms with Crippen LogP contribution in [0.25, 0.3) is 0 Å². The summed E-state index contributed by atoms with van der Waals surface area (Å²) in [5, 5.41) is 0. The number of hydrogen-bond donors (Lipinski definition) is 1. The molecule has 2 rings (SSSR count). The van der Waals surface area contributed by atoms with E-state index in [9.17, 15) is 0 Å². The Bertz CT molecular complexity index is 412. The number of hydrogen-bond acceptors (Lipinski definition) is 5. The molecule has 106 valence electrons. The monoisotopic (exact) mass is 266 g/mol. The fourth-order valence-corrected chi connectivity index (χ4v) is 2.11. The maximum absolute atomic E-state index is 5.83. The van der Waals surface area contributed by atoms with Crippen molar-refractivity contribution in [3.8, 4) is 11.5 Å². The molecule has 19 heavy (non-hydrogen) atoms. The molecule has 0 bridgehead atoms. The molecule has 1 saturated heterocycles. The summed E-state index contributed by atoms with van der Waals surface area (Å²) in [6, 6.07) is 5.74. The van der Waals surface area contributed by atoms with Gasteiger partial charge in [-0.25, -0.2) is 0 Å². The van der Waals surface area contributed by atoms with Gasteiger partial charge >= 0.3 is 0 Å². The van der Waals surface area contributed by atoms with Gasteiger partial charge in [0.25, 0.3) is 0 Å². The Morgan fingerprint density at radius 3 is 2.95 bits per heavy atom. The van der Waals surface area contributed by atoms with Crippen molar-refractivity contribution in [2.45, 2.75) is 12.6 Å². The summed E-state index contributed by atoms with van der Waals surface area (Å²) in [4.78, 5) is 2.24. The van der Waals surface area contributed by atoms with Gasteiger partial charge in [-0.1, -0.05) is 6.07 Å². The average Bonchev–Trinajstić information content (AvgIpc) is 2.45. The summed E-state index contributed by atoms with van der Waals surface area (Å²) >= 11 is 0. The number of benzene rings is 1. The smallest absolute Gasteiger partial charge is 0.161 e. The predicted molar refractivity (Wildman–Crippen MR) is 73.6 cm³/mol. The van der Waals surface area contributed by atoms with E-state index >= 15 is 0 Å². The Kier molecular flexibility index (Phi) is 5.01. The molecule has 0 amide bonds. The summed E-state index contributed by atoms with van der Waals surface area (Å²) in [5.41, 5.74) is 6.67. The molecule has 5 heteroatoms. The van der Waals surface area contributed by atoms with Crippen LogP contribution in [0.4, 0.5) is 0 Å². The third-order valence-corrected chi connectivity index (χ3v) is 3.23. The van der Waals surface area contributed by atoms with Crippen molar-refractivity contribution in [1.29, 1.82) is 0 Å². The van der Waals surface area contributed by atoms with E-state index in [1.165, 1.54) is 0 Å². The summed E-state index contributed by atoms with van der Waals surface area (Å²) in [5.74, 6) is 1.45. The van der Waals surface area contributed by atoms with Crippen molar-refractivity contribution in [3.63, 3.8) is 0 Å². The first-order chi connectivity index (χ1) is 9.22. The zero-order valence-corrected chi connectivity index (χ0v) is 11.6. The number of methoxy groups -OCH3 is 1. The molecular weight excluding hydrogens is 244 g/mol. The lowest BCUT2D eigenvalue weighted by atomic mass is 10.2. The van der Waals surface area contributed by atoms with E-state index in [-0.39, 0.29) is 6.10 Å². The van der Waals surface area contributed by atoms with E-state index in [4.69, 9.17) is 19.9 Å². The van der Waals surface area contributed by atoms with Gasteiger partial charge in [0.15, 0.2) is 11.5 Å². The molecule has 0 saturated carbocycles. The van der Waals surface area contributed by atoms with Gasteiger partial charge in [0, 0.05) is 19.6 Å². The van der Waals surface area contributed by atoms with Gasteiger partial charge in [-0.05, 0) is 24.7 Å². The van der Waals surface area contributed by atoms with Gasteiger partial charge in [-0.3, -0.25) is 0 Å². The first-order valence-corrected chi connectivity index (χ1v) is 6.53. The minimum absolute atomic E-state index is 0.102. The fraction of sp³-hybridized carbons (Fsp3) is 0.571. The topological polar surface area (TPSA) is 57.0 Å². The summed E-state index contributed by atoms with van der Waals surface area (Å²) < 4.78 is 16.8. The number of ether oxygens (including phenoxy) is 3. The fourth-order valence-electron chi connectivity index (χ4n) is 2.11. The summed E-state index contributed by atoms with van der Waals surface area (Å²) in [6.07, 6.45) is 0.102. The number of nitrogens with two attached hydrogens (primary N) is 1. The third kappa shape index (κ3) is 3.83. The van der Waals surface area contributed by atoms with Gasteiger partial charge in [0.2, 0.25) is 0 Å². The number of likely N-dealkylation sites (N-methyl/N-ethyl adjacent to an activating group) is 1. The Hall–Kier alpha value is -1.30. The van der Waals surface area contributed by atoms with Crippen molar-refractivity contribution in [1.82, 2.24) is 4.90 Å². The molecule has 0 aliphatic carbocycles. The highest BCUT2D eigenvalue weighted by Crippen LogP contribution is 2.28. The molecule has 1 aliphatic heterocycles. The molecular formula is C14H22N2O3. The molecule has 1 aromatic rings. The van der Waals surface area contributed by atoms with Crippen LogP contribution in [-0.4, -0.2) is 51.5 Å². The molecule has 1 fully saturated rings. The Balaban J connectivity index is 1.97. The molecule has 0 aromatic heterocycles. The largest absolute Gasteiger partial charge is 0.493 e. The van der Waals surface area contributed by atoms with Crippen LogP contribution in [0.1, 0.15) is 5.56 Å². The van der Waals surface area contributed by atoms with Gasteiger partial charge in [0.05, 0.1) is 13.7 Å². The van der Waals surface area contributed by atoms with E-state index in [0.29, 0.717) is 13.2 Å². The molecule has 0 radical (unpaired) electrons. The highest BCUT2D eigenvalue weighted by molar-refractivity contribution is 5.42. The molecule has 1 atom stereocenters. The molecule has 1 aromatic carbocycles. The van der Waals surface area contributed by atoms with E-state index in [1.807, 2.05) is 18.2 Å².